The molecule has 0 aromatic carbocycles. The van der Waals surface area contributed by atoms with Gasteiger partial charge in [-0.3, -0.25) is 14.6 Å². The Morgan fingerprint density at radius 3 is 2.95 bits per heavy atom. The average Bonchev–Trinajstić information content (AvgIpc) is 3.10. The summed E-state index contributed by atoms with van der Waals surface area (Å²) >= 11 is 0. The van der Waals surface area contributed by atoms with Gasteiger partial charge in [0.1, 0.15) is 0 Å². The summed E-state index contributed by atoms with van der Waals surface area (Å²) < 4.78 is 1.82. The van der Waals surface area contributed by atoms with Gasteiger partial charge in [-0.15, -0.1) is 0 Å². The van der Waals surface area contributed by atoms with E-state index in [1.165, 1.54) is 5.56 Å². The Labute approximate surface area is 124 Å². The van der Waals surface area contributed by atoms with Crippen LogP contribution in [0.3, 0.4) is 0 Å². The number of aromatic nitrogens is 4. The van der Waals surface area contributed by atoms with E-state index in [0.717, 1.165) is 18.8 Å². The maximum atomic E-state index is 12.4. The first kappa shape index (κ1) is 13.9. The van der Waals surface area contributed by atoms with E-state index in [9.17, 15) is 4.79 Å². The van der Waals surface area contributed by atoms with Crippen LogP contribution >= 0.6 is 0 Å². The number of carbonyl (C=O) groups is 1. The normalized spacial score (nSPS) is 20.9. The van der Waals surface area contributed by atoms with E-state index in [4.69, 9.17) is 0 Å². The molecular weight excluding hydrogens is 266 g/mol. The maximum absolute atomic E-state index is 12.4. The lowest BCUT2D eigenvalue weighted by Crippen LogP contribution is -2.31. The Kier molecular flexibility index (Phi) is 3.31. The van der Waals surface area contributed by atoms with Crippen molar-refractivity contribution in [3.05, 3.63) is 35.9 Å². The number of rotatable bonds is 3. The van der Waals surface area contributed by atoms with Crippen molar-refractivity contribution in [3.8, 4) is 0 Å². The molecule has 1 N–H and O–H groups in total. The molecule has 3 heterocycles. The molecule has 1 atom stereocenters. The smallest absolute Gasteiger partial charge is 0.228 e. The number of aryl methyl sites for hydroxylation is 1. The molecule has 0 bridgehead atoms. The number of aromatic amines is 1. The number of hydrogen-bond acceptors (Lipinski definition) is 3. The lowest BCUT2D eigenvalue weighted by atomic mass is 9.79. The second kappa shape index (κ2) is 5.02. The molecule has 1 unspecified atom stereocenters. The molecule has 3 rings (SSSR count). The van der Waals surface area contributed by atoms with Crippen LogP contribution in [0.5, 0.6) is 0 Å². The van der Waals surface area contributed by atoms with E-state index in [1.54, 1.807) is 6.20 Å². The van der Waals surface area contributed by atoms with Crippen LogP contribution in [-0.4, -0.2) is 43.9 Å². The van der Waals surface area contributed by atoms with Gasteiger partial charge in [0.05, 0.1) is 12.6 Å². The van der Waals surface area contributed by atoms with Gasteiger partial charge >= 0.3 is 0 Å². The topological polar surface area (TPSA) is 66.8 Å². The molecule has 1 aliphatic heterocycles. The van der Waals surface area contributed by atoms with Crippen molar-refractivity contribution in [2.24, 2.45) is 12.5 Å². The van der Waals surface area contributed by atoms with Gasteiger partial charge in [-0.1, -0.05) is 13.8 Å². The molecular formula is C15H21N5O. The molecule has 0 spiro atoms. The average molecular weight is 287 g/mol. The van der Waals surface area contributed by atoms with Crippen molar-refractivity contribution in [1.29, 1.82) is 0 Å². The molecule has 1 amide bonds. The van der Waals surface area contributed by atoms with Gasteiger partial charge in [0.2, 0.25) is 5.91 Å². The molecule has 112 valence electrons. The molecule has 6 heteroatoms. The van der Waals surface area contributed by atoms with Crippen molar-refractivity contribution >= 4 is 5.91 Å². The zero-order valence-corrected chi connectivity index (χ0v) is 12.7. The fourth-order valence-corrected chi connectivity index (χ4v) is 3.16. The number of likely N-dealkylation sites (tertiary alicyclic amines) is 1. The number of nitrogens with zero attached hydrogens (tertiary/aromatic N) is 4. The zero-order chi connectivity index (χ0) is 15.0. The Hall–Kier alpha value is -2.11. The van der Waals surface area contributed by atoms with E-state index < -0.39 is 0 Å². The fraction of sp³-hybridized carbons (Fsp3) is 0.533. The quantitative estimate of drug-likeness (QED) is 0.926. The first-order valence-corrected chi connectivity index (χ1v) is 7.20. The first-order chi connectivity index (χ1) is 9.95. The molecule has 1 aliphatic rings. The number of hydrogen-bond donors (Lipinski definition) is 1. The van der Waals surface area contributed by atoms with Gasteiger partial charge in [0.25, 0.3) is 0 Å². The SMILES string of the molecule is Cn1cc(C2CN(C(=O)Cc3ccn[nH]3)CC2(C)C)cn1. The van der Waals surface area contributed by atoms with Crippen molar-refractivity contribution in [2.75, 3.05) is 13.1 Å². The molecule has 1 fully saturated rings. The Balaban J connectivity index is 1.73. The third-order valence-electron chi connectivity index (χ3n) is 4.32. The van der Waals surface area contributed by atoms with E-state index in [-0.39, 0.29) is 11.3 Å². The van der Waals surface area contributed by atoms with E-state index in [0.29, 0.717) is 12.3 Å². The van der Waals surface area contributed by atoms with Crippen LogP contribution in [0.25, 0.3) is 0 Å². The van der Waals surface area contributed by atoms with Crippen LogP contribution in [-0.2, 0) is 18.3 Å². The van der Waals surface area contributed by atoms with E-state index >= 15 is 0 Å². The minimum atomic E-state index is 0.0622. The summed E-state index contributed by atoms with van der Waals surface area (Å²) in [6, 6.07) is 1.84. The third kappa shape index (κ3) is 2.70. The van der Waals surface area contributed by atoms with Crippen LogP contribution in [0.4, 0.5) is 0 Å². The standard InChI is InChI=1S/C15H21N5O/c1-15(2)10-20(14(21)6-12-4-5-16-18-12)9-13(15)11-7-17-19(3)8-11/h4-5,7-8,13H,6,9-10H2,1-3H3,(H,16,18). The van der Waals surface area contributed by atoms with Gasteiger partial charge in [-0.25, -0.2) is 0 Å². The molecule has 0 aliphatic carbocycles. The largest absolute Gasteiger partial charge is 0.341 e. The van der Waals surface area contributed by atoms with Crippen LogP contribution in [0.15, 0.2) is 24.7 Å². The lowest BCUT2D eigenvalue weighted by molar-refractivity contribution is -0.129. The highest BCUT2D eigenvalue weighted by molar-refractivity contribution is 5.78. The predicted molar refractivity (Wildman–Crippen MR) is 78.6 cm³/mol. The fourth-order valence-electron chi connectivity index (χ4n) is 3.16. The second-order valence-electron chi connectivity index (χ2n) is 6.52. The van der Waals surface area contributed by atoms with Crippen molar-refractivity contribution in [1.82, 2.24) is 24.9 Å². The second-order valence-corrected chi connectivity index (χ2v) is 6.52. The maximum Gasteiger partial charge on any atom is 0.228 e. The monoisotopic (exact) mass is 287 g/mol. The zero-order valence-electron chi connectivity index (χ0n) is 12.7. The molecule has 6 nitrogen and oxygen atoms in total. The summed E-state index contributed by atoms with van der Waals surface area (Å²) in [7, 11) is 1.92. The number of amides is 1. The first-order valence-electron chi connectivity index (χ1n) is 7.20. The predicted octanol–water partition coefficient (Wildman–Crippen LogP) is 1.34. The molecule has 0 radical (unpaired) electrons. The van der Waals surface area contributed by atoms with Crippen molar-refractivity contribution in [2.45, 2.75) is 26.2 Å². The van der Waals surface area contributed by atoms with Gasteiger partial charge in [0.15, 0.2) is 0 Å². The third-order valence-corrected chi connectivity index (χ3v) is 4.32. The Morgan fingerprint density at radius 1 is 1.52 bits per heavy atom. The molecule has 0 saturated carbocycles. The van der Waals surface area contributed by atoms with Gasteiger partial charge < -0.3 is 4.90 Å². The lowest BCUT2D eigenvalue weighted by Gasteiger charge is -2.24. The number of H-pyrrole nitrogens is 1. The van der Waals surface area contributed by atoms with Crippen LogP contribution in [0, 0.1) is 5.41 Å². The highest BCUT2D eigenvalue weighted by Gasteiger charge is 2.42. The van der Waals surface area contributed by atoms with Crippen molar-refractivity contribution in [3.63, 3.8) is 0 Å². The summed E-state index contributed by atoms with van der Waals surface area (Å²) in [5.41, 5.74) is 2.13. The van der Waals surface area contributed by atoms with Crippen molar-refractivity contribution < 1.29 is 4.79 Å². The molecule has 2 aromatic heterocycles. The van der Waals surface area contributed by atoms with E-state index in [1.807, 2.05) is 28.9 Å². The van der Waals surface area contributed by atoms with Gasteiger partial charge in [0, 0.05) is 44.1 Å². The van der Waals surface area contributed by atoms with E-state index in [2.05, 4.69) is 35.3 Å². The molecule has 2 aromatic rings. The van der Waals surface area contributed by atoms with Gasteiger partial charge in [-0.2, -0.15) is 10.2 Å². The highest BCUT2D eigenvalue weighted by Crippen LogP contribution is 2.42. The Morgan fingerprint density at radius 2 is 2.33 bits per heavy atom. The summed E-state index contributed by atoms with van der Waals surface area (Å²) in [4.78, 5) is 14.4. The summed E-state index contributed by atoms with van der Waals surface area (Å²) in [6.45, 7) is 5.97. The molecule has 21 heavy (non-hydrogen) atoms. The van der Waals surface area contributed by atoms with Crippen LogP contribution in [0.2, 0.25) is 0 Å². The van der Waals surface area contributed by atoms with Gasteiger partial charge in [-0.05, 0) is 17.0 Å². The Bertz CT molecular complexity index is 628. The summed E-state index contributed by atoms with van der Waals surface area (Å²) in [5, 5.41) is 11.0. The van der Waals surface area contributed by atoms with Crippen LogP contribution in [0.1, 0.15) is 31.0 Å². The summed E-state index contributed by atoms with van der Waals surface area (Å²) in [5.74, 6) is 0.482. The molecule has 1 saturated heterocycles. The number of nitrogens with one attached hydrogen (secondary N) is 1. The minimum absolute atomic E-state index is 0.0622. The van der Waals surface area contributed by atoms with Crippen LogP contribution < -0.4 is 0 Å². The number of carbonyl (C=O) groups excluding carboxylic acids is 1. The summed E-state index contributed by atoms with van der Waals surface area (Å²) in [6.07, 6.45) is 6.02. The highest BCUT2D eigenvalue weighted by atomic mass is 16.2. The minimum Gasteiger partial charge on any atom is -0.341 e.